The van der Waals surface area contributed by atoms with Gasteiger partial charge in [-0.05, 0) is 57.8 Å². The molecule has 9 nitrogen and oxygen atoms in total. The molecule has 0 aliphatic rings. The first kappa shape index (κ1) is 50.7. The summed E-state index contributed by atoms with van der Waals surface area (Å²) >= 11 is 0. The molecule has 2 unspecified atom stereocenters. The highest BCUT2D eigenvalue weighted by Gasteiger charge is 2.26. The Labute approximate surface area is 323 Å². The van der Waals surface area contributed by atoms with Crippen molar-refractivity contribution in [1.29, 1.82) is 0 Å². The summed E-state index contributed by atoms with van der Waals surface area (Å²) in [6.45, 7) is 3.57. The van der Waals surface area contributed by atoms with Crippen molar-refractivity contribution in [2.75, 3.05) is 26.4 Å². The summed E-state index contributed by atoms with van der Waals surface area (Å²) < 4.78 is 32.7. The van der Waals surface area contributed by atoms with E-state index < -0.39 is 32.5 Å². The van der Waals surface area contributed by atoms with Gasteiger partial charge in [0, 0.05) is 19.4 Å². The predicted molar refractivity (Wildman–Crippen MR) is 219 cm³/mol. The van der Waals surface area contributed by atoms with Gasteiger partial charge < -0.3 is 20.1 Å². The monoisotopic (exact) mass is 766 g/mol. The number of carbonyl (C=O) groups excluding carboxylic acids is 2. The van der Waals surface area contributed by atoms with Gasteiger partial charge in [-0.25, -0.2) is 4.57 Å². The van der Waals surface area contributed by atoms with Crippen molar-refractivity contribution in [2.45, 2.75) is 174 Å². The first-order valence-electron chi connectivity index (χ1n) is 20.8. The van der Waals surface area contributed by atoms with Crippen LogP contribution in [-0.2, 0) is 32.7 Å². The highest BCUT2D eigenvalue weighted by molar-refractivity contribution is 7.47. The van der Waals surface area contributed by atoms with E-state index in [0.717, 1.165) is 83.5 Å². The molecule has 0 radical (unpaired) electrons. The summed E-state index contributed by atoms with van der Waals surface area (Å²) in [4.78, 5) is 34.8. The summed E-state index contributed by atoms with van der Waals surface area (Å²) in [6, 6.07) is 0. The third-order valence-electron chi connectivity index (χ3n) is 8.42. The normalized spacial score (nSPS) is 14.0. The molecular weight excluding hydrogens is 689 g/mol. The molecule has 0 heterocycles. The number of hydrogen-bond acceptors (Lipinski definition) is 8. The van der Waals surface area contributed by atoms with Gasteiger partial charge in [0.1, 0.15) is 6.61 Å². The van der Waals surface area contributed by atoms with Crippen LogP contribution in [0.25, 0.3) is 0 Å². The quantitative estimate of drug-likeness (QED) is 0.0272. The molecule has 0 aromatic rings. The van der Waals surface area contributed by atoms with Crippen LogP contribution in [0.2, 0.25) is 0 Å². The third kappa shape index (κ3) is 39.2. The third-order valence-corrected chi connectivity index (χ3v) is 9.40. The minimum absolute atomic E-state index is 0.0480. The van der Waals surface area contributed by atoms with E-state index in [1.165, 1.54) is 51.4 Å². The lowest BCUT2D eigenvalue weighted by molar-refractivity contribution is -0.161. The van der Waals surface area contributed by atoms with Crippen LogP contribution in [0.3, 0.4) is 0 Å². The van der Waals surface area contributed by atoms with Gasteiger partial charge in [-0.1, -0.05) is 158 Å². The number of ether oxygens (including phenoxy) is 2. The molecule has 2 atom stereocenters. The van der Waals surface area contributed by atoms with Crippen LogP contribution in [-0.4, -0.2) is 49.3 Å². The van der Waals surface area contributed by atoms with E-state index in [2.05, 4.69) is 74.6 Å². The number of allylic oxidation sites excluding steroid dienone is 10. The molecule has 0 aliphatic carbocycles. The fourth-order valence-electron chi connectivity index (χ4n) is 5.37. The van der Waals surface area contributed by atoms with Crippen LogP contribution in [0.4, 0.5) is 0 Å². The lowest BCUT2D eigenvalue weighted by Gasteiger charge is -2.19. The molecule has 0 amide bonds. The fourth-order valence-corrected chi connectivity index (χ4v) is 6.13. The van der Waals surface area contributed by atoms with E-state index in [0.29, 0.717) is 6.42 Å². The largest absolute Gasteiger partial charge is 0.472 e. The van der Waals surface area contributed by atoms with E-state index in [-0.39, 0.29) is 32.6 Å². The lowest BCUT2D eigenvalue weighted by Crippen LogP contribution is -2.29. The van der Waals surface area contributed by atoms with Crippen molar-refractivity contribution in [3.63, 3.8) is 0 Å². The molecule has 0 saturated heterocycles. The Kier molecular flexibility index (Phi) is 37.7. The number of phosphoric ester groups is 1. The second kappa shape index (κ2) is 39.4. The van der Waals surface area contributed by atoms with E-state index in [4.69, 9.17) is 24.3 Å². The fraction of sp³-hybridized carbons (Fsp3) is 0.721. The Morgan fingerprint density at radius 3 is 1.55 bits per heavy atom. The van der Waals surface area contributed by atoms with Crippen molar-refractivity contribution in [1.82, 2.24) is 0 Å². The number of unbranched alkanes of at least 4 members (excludes halogenated alkanes) is 15. The summed E-state index contributed by atoms with van der Waals surface area (Å²) in [5.74, 6) is -0.854. The standard InChI is InChI=1S/C43H76NO8P/c1-3-5-7-9-11-13-15-16-17-18-19-20-21-22-23-24-26-28-30-32-34-36-43(46)52-41(40-51-53(47,48)50-38-37-44)39-49-42(45)35-33-31-29-27-25-14-12-10-8-6-4-2/h5,7,11,13,16-17,19-20,22-23,41H,3-4,6,8-10,12,14-15,18,21,24-40,44H2,1-2H3,(H,47,48)/b7-5-,13-11-,17-16-,20-19-,23-22-. The molecule has 10 heteroatoms. The molecule has 0 spiro atoms. The summed E-state index contributed by atoms with van der Waals surface area (Å²) in [5, 5.41) is 0. The molecule has 0 bridgehead atoms. The van der Waals surface area contributed by atoms with Crippen molar-refractivity contribution in [3.8, 4) is 0 Å². The Bertz CT molecular complexity index is 1050. The van der Waals surface area contributed by atoms with E-state index in [1.54, 1.807) is 0 Å². The van der Waals surface area contributed by atoms with Crippen LogP contribution in [0.15, 0.2) is 60.8 Å². The minimum atomic E-state index is -4.38. The SMILES string of the molecule is CC/C=C\C/C=C\C/C=C\C/C=C\C/C=C\CCCCCCCC(=O)OC(COC(=O)CCCCCCCCCCCCC)COP(=O)(O)OCCN. The van der Waals surface area contributed by atoms with E-state index >= 15 is 0 Å². The maximum Gasteiger partial charge on any atom is 0.472 e. The van der Waals surface area contributed by atoms with Crippen LogP contribution in [0.1, 0.15) is 168 Å². The number of esters is 2. The first-order chi connectivity index (χ1) is 25.8. The highest BCUT2D eigenvalue weighted by Crippen LogP contribution is 2.43. The topological polar surface area (TPSA) is 134 Å². The second-order valence-electron chi connectivity index (χ2n) is 13.5. The van der Waals surface area contributed by atoms with Crippen LogP contribution >= 0.6 is 7.82 Å². The summed E-state index contributed by atoms with van der Waals surface area (Å²) in [7, 11) is -4.38. The van der Waals surface area contributed by atoms with Crippen molar-refractivity contribution in [2.24, 2.45) is 5.73 Å². The Hall–Kier alpha value is -2.29. The molecule has 0 rings (SSSR count). The number of phosphoric acid groups is 1. The van der Waals surface area contributed by atoms with Gasteiger partial charge in [0.15, 0.2) is 6.10 Å². The molecular formula is C43H76NO8P. The van der Waals surface area contributed by atoms with Gasteiger partial charge in [-0.3, -0.25) is 18.6 Å². The maximum atomic E-state index is 12.6. The van der Waals surface area contributed by atoms with Crippen LogP contribution < -0.4 is 5.73 Å². The zero-order valence-electron chi connectivity index (χ0n) is 33.5. The second-order valence-corrected chi connectivity index (χ2v) is 14.9. The first-order valence-corrected chi connectivity index (χ1v) is 22.3. The minimum Gasteiger partial charge on any atom is -0.462 e. The molecule has 3 N–H and O–H groups in total. The van der Waals surface area contributed by atoms with Crippen LogP contribution in [0.5, 0.6) is 0 Å². The van der Waals surface area contributed by atoms with Gasteiger partial charge in [-0.15, -0.1) is 0 Å². The summed E-state index contributed by atoms with van der Waals surface area (Å²) in [6.07, 6.45) is 45.3. The molecule has 0 saturated carbocycles. The van der Waals surface area contributed by atoms with Gasteiger partial charge in [0.25, 0.3) is 0 Å². The van der Waals surface area contributed by atoms with Crippen molar-refractivity contribution >= 4 is 19.8 Å². The molecule has 53 heavy (non-hydrogen) atoms. The van der Waals surface area contributed by atoms with Gasteiger partial charge in [0.2, 0.25) is 0 Å². The van der Waals surface area contributed by atoms with E-state index in [1.807, 2.05) is 0 Å². The molecule has 0 aliphatic heterocycles. The molecule has 306 valence electrons. The zero-order valence-corrected chi connectivity index (χ0v) is 34.4. The number of carbonyl (C=O) groups is 2. The molecule has 0 aromatic heterocycles. The maximum absolute atomic E-state index is 12.6. The van der Waals surface area contributed by atoms with Gasteiger partial charge in [-0.2, -0.15) is 0 Å². The van der Waals surface area contributed by atoms with E-state index in [9.17, 15) is 19.0 Å². The number of rotatable bonds is 38. The zero-order chi connectivity index (χ0) is 38.9. The van der Waals surface area contributed by atoms with Crippen LogP contribution in [0, 0.1) is 0 Å². The number of nitrogens with two attached hydrogens (primary N) is 1. The summed E-state index contributed by atoms with van der Waals surface area (Å²) in [5.41, 5.74) is 5.34. The van der Waals surface area contributed by atoms with Crippen molar-refractivity contribution in [3.05, 3.63) is 60.8 Å². The number of hydrogen-bond donors (Lipinski definition) is 2. The smallest absolute Gasteiger partial charge is 0.462 e. The molecule has 0 aromatic carbocycles. The van der Waals surface area contributed by atoms with Gasteiger partial charge in [0.05, 0.1) is 13.2 Å². The highest BCUT2D eigenvalue weighted by atomic mass is 31.2. The Balaban J connectivity index is 4.20. The van der Waals surface area contributed by atoms with Crippen molar-refractivity contribution < 1.29 is 37.6 Å². The predicted octanol–water partition coefficient (Wildman–Crippen LogP) is 11.7. The average molecular weight is 766 g/mol. The molecule has 0 fully saturated rings. The average Bonchev–Trinajstić information content (AvgIpc) is 3.14. The lowest BCUT2D eigenvalue weighted by atomic mass is 10.1. The Morgan fingerprint density at radius 2 is 1.04 bits per heavy atom. The Morgan fingerprint density at radius 1 is 0.585 bits per heavy atom. The van der Waals surface area contributed by atoms with Gasteiger partial charge >= 0.3 is 19.8 Å².